The maximum absolute atomic E-state index is 13.8. The van der Waals surface area contributed by atoms with E-state index in [-0.39, 0.29) is 24.3 Å². The number of nitrogens with zero attached hydrogens (tertiary/aromatic N) is 1. The van der Waals surface area contributed by atoms with Crippen molar-refractivity contribution in [2.45, 2.75) is 44.2 Å². The van der Waals surface area contributed by atoms with Crippen molar-refractivity contribution in [2.24, 2.45) is 0 Å². The zero-order valence-corrected chi connectivity index (χ0v) is 20.1. The minimum atomic E-state index is -0.855. The molecular formula is C26H27ClN2O3S. The summed E-state index contributed by atoms with van der Waals surface area (Å²) < 4.78 is 5.58. The summed E-state index contributed by atoms with van der Waals surface area (Å²) in [4.78, 5) is 30.0. The van der Waals surface area contributed by atoms with Crippen molar-refractivity contribution in [1.29, 1.82) is 0 Å². The van der Waals surface area contributed by atoms with Crippen LogP contribution in [-0.2, 0) is 16.0 Å². The summed E-state index contributed by atoms with van der Waals surface area (Å²) in [6.07, 6.45) is 4.29. The van der Waals surface area contributed by atoms with Crippen LogP contribution in [0, 0.1) is 0 Å². The van der Waals surface area contributed by atoms with Gasteiger partial charge in [-0.25, -0.2) is 0 Å². The van der Waals surface area contributed by atoms with Gasteiger partial charge < -0.3 is 10.1 Å². The van der Waals surface area contributed by atoms with E-state index in [9.17, 15) is 9.59 Å². The molecule has 1 aromatic heterocycles. The fraction of sp³-hybridized carbons (Fsp3) is 0.308. The molecule has 7 heteroatoms. The zero-order valence-electron chi connectivity index (χ0n) is 18.5. The Kier molecular flexibility index (Phi) is 7.68. The van der Waals surface area contributed by atoms with Gasteiger partial charge in [0.2, 0.25) is 11.8 Å². The molecule has 0 saturated heterocycles. The van der Waals surface area contributed by atoms with E-state index in [1.807, 2.05) is 47.8 Å². The van der Waals surface area contributed by atoms with Crippen molar-refractivity contribution in [2.75, 3.05) is 12.0 Å². The van der Waals surface area contributed by atoms with Gasteiger partial charge >= 0.3 is 0 Å². The third-order valence-electron chi connectivity index (χ3n) is 5.90. The molecular weight excluding hydrogens is 456 g/mol. The number of nitrogens with one attached hydrogen (secondary N) is 1. The molecule has 0 radical (unpaired) electrons. The average Bonchev–Trinajstić information content (AvgIpc) is 3.52. The second-order valence-electron chi connectivity index (χ2n) is 8.14. The molecule has 1 heterocycles. The Morgan fingerprint density at radius 1 is 1.12 bits per heavy atom. The number of amides is 2. The molecule has 0 spiro atoms. The highest BCUT2D eigenvalue weighted by Gasteiger charge is 2.35. The van der Waals surface area contributed by atoms with Gasteiger partial charge in [-0.3, -0.25) is 14.5 Å². The van der Waals surface area contributed by atoms with E-state index < -0.39 is 6.04 Å². The number of ether oxygens (including phenoxy) is 1. The van der Waals surface area contributed by atoms with Gasteiger partial charge in [0, 0.05) is 15.9 Å². The van der Waals surface area contributed by atoms with E-state index in [0.717, 1.165) is 36.1 Å². The number of rotatable bonds is 8. The fourth-order valence-electron chi connectivity index (χ4n) is 4.32. The quantitative estimate of drug-likeness (QED) is 0.442. The zero-order chi connectivity index (χ0) is 23.2. The number of carbonyl (C=O) groups excluding carboxylic acids is 2. The van der Waals surface area contributed by atoms with Crippen LogP contribution in [0.5, 0.6) is 5.75 Å². The summed E-state index contributed by atoms with van der Waals surface area (Å²) in [5.41, 5.74) is 1.21. The van der Waals surface area contributed by atoms with Crippen molar-refractivity contribution >= 4 is 40.4 Å². The Hall–Kier alpha value is -2.83. The van der Waals surface area contributed by atoms with Crippen LogP contribution in [0.4, 0.5) is 5.69 Å². The van der Waals surface area contributed by atoms with Crippen LogP contribution in [0.25, 0.3) is 0 Å². The first-order valence-corrected chi connectivity index (χ1v) is 12.4. The van der Waals surface area contributed by atoms with Gasteiger partial charge in [0.05, 0.1) is 19.2 Å². The molecule has 5 nitrogen and oxygen atoms in total. The van der Waals surface area contributed by atoms with Crippen LogP contribution in [0.3, 0.4) is 0 Å². The van der Waals surface area contributed by atoms with E-state index in [1.165, 1.54) is 11.3 Å². The molecule has 1 N–H and O–H groups in total. The smallest absolute Gasteiger partial charge is 0.248 e. The largest absolute Gasteiger partial charge is 0.495 e. The Balaban J connectivity index is 1.80. The minimum absolute atomic E-state index is 0.124. The van der Waals surface area contributed by atoms with Crippen LogP contribution in [0.2, 0.25) is 5.02 Å². The maximum Gasteiger partial charge on any atom is 0.248 e. The number of benzene rings is 2. The summed E-state index contributed by atoms with van der Waals surface area (Å²) >= 11 is 7.85. The van der Waals surface area contributed by atoms with E-state index >= 15 is 0 Å². The van der Waals surface area contributed by atoms with Gasteiger partial charge in [-0.2, -0.15) is 0 Å². The molecule has 0 aliphatic heterocycles. The first-order chi connectivity index (χ1) is 16.1. The highest BCUT2D eigenvalue weighted by molar-refractivity contribution is 7.10. The van der Waals surface area contributed by atoms with Crippen molar-refractivity contribution in [3.05, 3.63) is 81.5 Å². The molecule has 1 atom stereocenters. The number of methoxy groups -OCH3 is 1. The first-order valence-electron chi connectivity index (χ1n) is 11.1. The molecule has 0 bridgehead atoms. The van der Waals surface area contributed by atoms with Crippen molar-refractivity contribution in [1.82, 2.24) is 5.32 Å². The van der Waals surface area contributed by atoms with Gasteiger partial charge in [-0.05, 0) is 48.1 Å². The topological polar surface area (TPSA) is 58.6 Å². The Morgan fingerprint density at radius 2 is 1.88 bits per heavy atom. The summed E-state index contributed by atoms with van der Waals surface area (Å²) in [5, 5.41) is 5.59. The second-order valence-corrected chi connectivity index (χ2v) is 9.61. The molecule has 2 aromatic carbocycles. The number of anilines is 1. The van der Waals surface area contributed by atoms with Crippen LogP contribution in [-0.4, -0.2) is 25.0 Å². The van der Waals surface area contributed by atoms with Crippen LogP contribution < -0.4 is 15.0 Å². The molecule has 4 rings (SSSR count). The third kappa shape index (κ3) is 5.57. The van der Waals surface area contributed by atoms with E-state index in [2.05, 4.69) is 5.32 Å². The molecule has 1 fully saturated rings. The lowest BCUT2D eigenvalue weighted by Gasteiger charge is -2.33. The lowest BCUT2D eigenvalue weighted by molar-refractivity contribution is -0.127. The Labute approximate surface area is 203 Å². The summed E-state index contributed by atoms with van der Waals surface area (Å²) in [6, 6.07) is 17.6. The van der Waals surface area contributed by atoms with Gasteiger partial charge in [0.1, 0.15) is 11.8 Å². The Morgan fingerprint density at radius 3 is 2.55 bits per heavy atom. The molecule has 3 aromatic rings. The fourth-order valence-corrected chi connectivity index (χ4v) is 5.18. The van der Waals surface area contributed by atoms with E-state index in [0.29, 0.717) is 16.5 Å². The van der Waals surface area contributed by atoms with Crippen molar-refractivity contribution in [3.8, 4) is 5.75 Å². The van der Waals surface area contributed by atoms with Crippen LogP contribution >= 0.6 is 22.9 Å². The molecule has 1 saturated carbocycles. The first kappa shape index (κ1) is 23.3. The number of hydrogen-bond donors (Lipinski definition) is 1. The number of halogens is 1. The third-order valence-corrected chi connectivity index (χ3v) is 7.01. The van der Waals surface area contributed by atoms with Gasteiger partial charge in [0.15, 0.2) is 0 Å². The second kappa shape index (κ2) is 10.9. The molecule has 1 unspecified atom stereocenters. The molecule has 172 valence electrons. The lowest BCUT2D eigenvalue weighted by Crippen LogP contribution is -2.47. The standard InChI is InChI=1S/C26H27ClN2O3S/c1-32-23-14-13-19(27)16-22(23)29(24(30)17-21-12-7-15-33-21)25(18-8-3-2-4-9-18)26(31)28-20-10-5-6-11-20/h2-4,7-9,12-16,20,25H,5-6,10-11,17H2,1H3,(H,28,31). The highest BCUT2D eigenvalue weighted by Crippen LogP contribution is 2.38. The van der Waals surface area contributed by atoms with E-state index in [4.69, 9.17) is 16.3 Å². The van der Waals surface area contributed by atoms with Crippen LogP contribution in [0.15, 0.2) is 66.0 Å². The molecule has 1 aliphatic carbocycles. The van der Waals surface area contributed by atoms with Gasteiger partial charge in [-0.1, -0.05) is 60.8 Å². The molecule has 1 aliphatic rings. The van der Waals surface area contributed by atoms with Crippen LogP contribution in [0.1, 0.15) is 42.2 Å². The maximum atomic E-state index is 13.8. The SMILES string of the molecule is COc1ccc(Cl)cc1N(C(=O)Cc1cccs1)C(C(=O)NC1CCCC1)c1ccccc1. The number of carbonyl (C=O) groups is 2. The number of thiophene rings is 1. The number of hydrogen-bond acceptors (Lipinski definition) is 4. The monoisotopic (exact) mass is 482 g/mol. The molecule has 33 heavy (non-hydrogen) atoms. The Bertz CT molecular complexity index is 1080. The summed E-state index contributed by atoms with van der Waals surface area (Å²) in [5.74, 6) is 0.0802. The van der Waals surface area contributed by atoms with E-state index in [1.54, 1.807) is 30.2 Å². The lowest BCUT2D eigenvalue weighted by atomic mass is 10.0. The van der Waals surface area contributed by atoms with Crippen molar-refractivity contribution in [3.63, 3.8) is 0 Å². The van der Waals surface area contributed by atoms with Gasteiger partial charge in [0.25, 0.3) is 0 Å². The molecule has 2 amide bonds. The average molecular weight is 483 g/mol. The minimum Gasteiger partial charge on any atom is -0.495 e. The highest BCUT2D eigenvalue weighted by atomic mass is 35.5. The summed E-state index contributed by atoms with van der Waals surface area (Å²) in [7, 11) is 1.55. The predicted molar refractivity (Wildman–Crippen MR) is 133 cm³/mol. The van der Waals surface area contributed by atoms with Crippen molar-refractivity contribution < 1.29 is 14.3 Å². The normalized spacial score (nSPS) is 14.6. The summed E-state index contributed by atoms with van der Waals surface area (Å²) in [6.45, 7) is 0. The van der Waals surface area contributed by atoms with Gasteiger partial charge in [-0.15, -0.1) is 11.3 Å². The predicted octanol–water partition coefficient (Wildman–Crippen LogP) is 5.79.